The van der Waals surface area contributed by atoms with Gasteiger partial charge in [-0.15, -0.1) is 0 Å². The van der Waals surface area contributed by atoms with Crippen molar-refractivity contribution in [1.29, 1.82) is 0 Å². The minimum Gasteiger partial charge on any atom is -0.488 e. The molecule has 4 N–H and O–H groups in total. The van der Waals surface area contributed by atoms with Gasteiger partial charge in [0.25, 0.3) is 0 Å². The van der Waals surface area contributed by atoms with Crippen molar-refractivity contribution in [3.8, 4) is 11.4 Å². The summed E-state index contributed by atoms with van der Waals surface area (Å²) in [6, 6.07) is 24.9. The highest BCUT2D eigenvalue weighted by Gasteiger charge is 2.22. The molecule has 0 radical (unpaired) electrons. The van der Waals surface area contributed by atoms with Crippen LogP contribution in [0.15, 0.2) is 97.5 Å². The fraction of sp³-hybridized carbons (Fsp3) is 0.194. The number of rotatable bonds is 9. The molecule has 6 aromatic rings. The Morgan fingerprint density at radius 3 is 2.40 bits per heavy atom. The van der Waals surface area contributed by atoms with E-state index >= 15 is 0 Å². The Morgan fingerprint density at radius 1 is 0.872 bits per heavy atom. The number of aromatic nitrogens is 5. The number of amides is 2. The van der Waals surface area contributed by atoms with Gasteiger partial charge >= 0.3 is 6.03 Å². The van der Waals surface area contributed by atoms with E-state index in [1.54, 1.807) is 30.3 Å². The Morgan fingerprint density at radius 2 is 1.64 bits per heavy atom. The van der Waals surface area contributed by atoms with Crippen molar-refractivity contribution in [2.45, 2.75) is 39.7 Å². The molecule has 47 heavy (non-hydrogen) atoms. The molecule has 2 amide bonds. The van der Waals surface area contributed by atoms with E-state index < -0.39 is 0 Å². The summed E-state index contributed by atoms with van der Waals surface area (Å²) < 4.78 is 8.04. The molecule has 11 nitrogen and oxygen atoms in total. The lowest BCUT2D eigenvalue weighted by Gasteiger charge is -2.15. The molecule has 3 aromatic carbocycles. The number of ether oxygens (including phenoxy) is 1. The van der Waals surface area contributed by atoms with E-state index in [-0.39, 0.29) is 11.4 Å². The van der Waals surface area contributed by atoms with E-state index in [0.717, 1.165) is 33.3 Å². The van der Waals surface area contributed by atoms with Gasteiger partial charge in [-0.2, -0.15) is 5.10 Å². The number of nitrogens with zero attached hydrogens (tertiary/aromatic N) is 5. The van der Waals surface area contributed by atoms with E-state index in [4.69, 9.17) is 9.84 Å². The number of benzene rings is 3. The van der Waals surface area contributed by atoms with Crippen molar-refractivity contribution in [1.82, 2.24) is 24.7 Å². The lowest BCUT2D eigenvalue weighted by Crippen LogP contribution is -2.21. The normalized spacial score (nSPS) is 11.3. The molecule has 0 aliphatic carbocycles. The summed E-state index contributed by atoms with van der Waals surface area (Å²) in [7, 11) is 1.79. The van der Waals surface area contributed by atoms with Crippen LogP contribution in [0.4, 0.5) is 33.8 Å². The number of carbonyl (C=O) groups excluding carboxylic acids is 1. The largest absolute Gasteiger partial charge is 0.488 e. The van der Waals surface area contributed by atoms with Gasteiger partial charge in [0.15, 0.2) is 5.82 Å². The summed E-state index contributed by atoms with van der Waals surface area (Å²) in [5.74, 6) is 3.13. The third kappa shape index (κ3) is 7.30. The monoisotopic (exact) mass is 627 g/mol. The van der Waals surface area contributed by atoms with Crippen LogP contribution in [0.25, 0.3) is 16.5 Å². The summed E-state index contributed by atoms with van der Waals surface area (Å²) in [5.41, 5.74) is 4.26. The molecule has 0 fully saturated rings. The second-order valence-electron chi connectivity index (χ2n) is 12.2. The molecule has 6 rings (SSSR count). The van der Waals surface area contributed by atoms with Crippen LogP contribution in [0.2, 0.25) is 0 Å². The fourth-order valence-corrected chi connectivity index (χ4v) is 4.97. The van der Waals surface area contributed by atoms with E-state index in [9.17, 15) is 4.79 Å². The second kappa shape index (κ2) is 13.2. The van der Waals surface area contributed by atoms with Crippen molar-refractivity contribution >= 4 is 45.8 Å². The summed E-state index contributed by atoms with van der Waals surface area (Å²) in [6.07, 6.45) is 5.00. The quantitative estimate of drug-likeness (QED) is 0.128. The second-order valence-corrected chi connectivity index (χ2v) is 12.2. The van der Waals surface area contributed by atoms with Gasteiger partial charge in [-0.25, -0.2) is 19.4 Å². The minimum absolute atomic E-state index is 0.198. The zero-order valence-electron chi connectivity index (χ0n) is 27.0. The lowest BCUT2D eigenvalue weighted by atomic mass is 9.92. The van der Waals surface area contributed by atoms with Crippen LogP contribution in [0.5, 0.6) is 5.75 Å². The summed E-state index contributed by atoms with van der Waals surface area (Å²) in [5, 5.41) is 18.7. The molecule has 0 saturated carbocycles. The molecule has 11 heteroatoms. The van der Waals surface area contributed by atoms with Crippen molar-refractivity contribution in [2.75, 3.05) is 28.3 Å². The van der Waals surface area contributed by atoms with E-state index in [2.05, 4.69) is 57.0 Å². The van der Waals surface area contributed by atoms with E-state index in [1.807, 2.05) is 85.8 Å². The van der Waals surface area contributed by atoms with Gasteiger partial charge in [0.05, 0.1) is 29.5 Å². The van der Waals surface area contributed by atoms with Gasteiger partial charge in [0.2, 0.25) is 0 Å². The molecule has 0 spiro atoms. The van der Waals surface area contributed by atoms with Crippen LogP contribution in [0.3, 0.4) is 0 Å². The van der Waals surface area contributed by atoms with Crippen LogP contribution in [0, 0.1) is 6.92 Å². The molecule has 0 unspecified atom stereocenters. The van der Waals surface area contributed by atoms with Gasteiger partial charge in [0, 0.05) is 35.5 Å². The number of aryl methyl sites for hydroxylation is 1. The molecule has 3 heterocycles. The smallest absolute Gasteiger partial charge is 0.324 e. The van der Waals surface area contributed by atoms with Gasteiger partial charge in [-0.1, -0.05) is 62.7 Å². The first kappa shape index (κ1) is 31.0. The molecule has 0 aliphatic rings. The summed E-state index contributed by atoms with van der Waals surface area (Å²) in [4.78, 5) is 26.4. The number of fused-ring (bicyclic) bond motifs is 1. The first-order valence-corrected chi connectivity index (χ1v) is 15.3. The first-order valence-electron chi connectivity index (χ1n) is 15.3. The Balaban J connectivity index is 1.18. The molecule has 0 saturated heterocycles. The van der Waals surface area contributed by atoms with Crippen LogP contribution in [-0.2, 0) is 12.0 Å². The topological polar surface area (TPSA) is 131 Å². The SMILES string of the molecule is CNc1cncc(Nc2cc(COc3ccc(NC(=O)Nc4cc(C(C)(C)C)nn4-c4ccc(C)cc4)c4ccccc34)ccn2)n1. The third-order valence-electron chi connectivity index (χ3n) is 7.50. The molecule has 0 bridgehead atoms. The maximum atomic E-state index is 13.4. The minimum atomic E-state index is -0.376. The predicted molar refractivity (Wildman–Crippen MR) is 187 cm³/mol. The fourth-order valence-electron chi connectivity index (χ4n) is 4.97. The number of hydrogen-bond acceptors (Lipinski definition) is 8. The lowest BCUT2D eigenvalue weighted by molar-refractivity contribution is 0.262. The maximum absolute atomic E-state index is 13.4. The Hall–Kier alpha value is -5.97. The van der Waals surface area contributed by atoms with Gasteiger partial charge in [0.1, 0.15) is 29.8 Å². The molecule has 0 atom stereocenters. The Kier molecular flexibility index (Phi) is 8.70. The van der Waals surface area contributed by atoms with Crippen molar-refractivity contribution in [2.24, 2.45) is 0 Å². The van der Waals surface area contributed by atoms with E-state index in [1.165, 1.54) is 0 Å². The average molecular weight is 628 g/mol. The van der Waals surface area contributed by atoms with Crippen LogP contribution in [0.1, 0.15) is 37.6 Å². The zero-order chi connectivity index (χ0) is 33.0. The first-order chi connectivity index (χ1) is 22.7. The van der Waals surface area contributed by atoms with Gasteiger partial charge in [-0.05, 0) is 48.9 Å². The maximum Gasteiger partial charge on any atom is 0.324 e. The standard InChI is InChI=1S/C36H37N9O2/c1-23-10-12-25(13-11-23)45-34(19-30(44-45)36(2,3)4)43-35(46)40-28-14-15-29(27-9-7-6-8-26(27)28)47-22-24-16-17-39-31(18-24)41-33-21-38-20-32(37-5)42-33/h6-21H,22H2,1-5H3,(H2,40,43,46)(H2,37,39,41,42). The molecule has 3 aromatic heterocycles. The van der Waals surface area contributed by atoms with Crippen molar-refractivity contribution in [3.05, 3.63) is 114 Å². The van der Waals surface area contributed by atoms with Gasteiger partial charge < -0.3 is 20.7 Å². The Bertz CT molecular complexity index is 2030. The average Bonchev–Trinajstić information content (AvgIpc) is 3.49. The highest BCUT2D eigenvalue weighted by atomic mass is 16.5. The number of pyridine rings is 1. The number of carbonyl (C=O) groups is 1. The van der Waals surface area contributed by atoms with Crippen molar-refractivity contribution < 1.29 is 9.53 Å². The highest BCUT2D eigenvalue weighted by Crippen LogP contribution is 2.33. The number of hydrogen-bond donors (Lipinski definition) is 4. The zero-order valence-corrected chi connectivity index (χ0v) is 27.0. The molecule has 238 valence electrons. The molecular weight excluding hydrogens is 590 g/mol. The number of nitrogens with one attached hydrogen (secondary N) is 4. The Labute approximate surface area is 273 Å². The van der Waals surface area contributed by atoms with Gasteiger partial charge in [-0.3, -0.25) is 10.3 Å². The molecular formula is C36H37N9O2. The van der Waals surface area contributed by atoms with Crippen LogP contribution in [-0.4, -0.2) is 37.8 Å². The summed E-state index contributed by atoms with van der Waals surface area (Å²) >= 11 is 0. The van der Waals surface area contributed by atoms with Crippen molar-refractivity contribution in [3.63, 3.8) is 0 Å². The highest BCUT2D eigenvalue weighted by molar-refractivity contribution is 6.07. The summed E-state index contributed by atoms with van der Waals surface area (Å²) in [6.45, 7) is 8.64. The molecule has 0 aliphatic heterocycles. The number of urea groups is 1. The number of anilines is 5. The van der Waals surface area contributed by atoms with E-state index in [0.29, 0.717) is 41.3 Å². The predicted octanol–water partition coefficient (Wildman–Crippen LogP) is 7.82. The third-order valence-corrected chi connectivity index (χ3v) is 7.50. The van der Waals surface area contributed by atoms with Crippen LogP contribution >= 0.6 is 0 Å². The van der Waals surface area contributed by atoms with Crippen LogP contribution < -0.4 is 26.0 Å².